The normalized spacial score (nSPS) is 18.3. The van der Waals surface area contributed by atoms with Gasteiger partial charge in [0.25, 0.3) is 5.91 Å². The van der Waals surface area contributed by atoms with Crippen LogP contribution in [0.4, 0.5) is 0 Å². The summed E-state index contributed by atoms with van der Waals surface area (Å²) in [6.45, 7) is 3.41. The number of aliphatic hydroxyl groups excluding tert-OH is 1. The van der Waals surface area contributed by atoms with Crippen LogP contribution in [-0.2, 0) is 21.4 Å². The molecule has 3 aromatic rings. The molecule has 1 fully saturated rings. The number of aliphatic hydroxyl groups is 1. The number of nitrogens with one attached hydrogen (secondary N) is 2. The Hall–Kier alpha value is -3.53. The molecule has 8 nitrogen and oxygen atoms in total. The third kappa shape index (κ3) is 5.27. The summed E-state index contributed by atoms with van der Waals surface area (Å²) in [7, 11) is -3.93. The van der Waals surface area contributed by atoms with Gasteiger partial charge in [0, 0.05) is 24.7 Å². The lowest BCUT2D eigenvalue weighted by atomic mass is 10.0. The summed E-state index contributed by atoms with van der Waals surface area (Å²) < 4.78 is 27.6. The van der Waals surface area contributed by atoms with Gasteiger partial charge >= 0.3 is 0 Å². The highest BCUT2D eigenvalue weighted by Gasteiger charge is 2.40. The van der Waals surface area contributed by atoms with Crippen LogP contribution in [0.25, 0.3) is 10.8 Å². The Kier molecular flexibility index (Phi) is 7.30. The summed E-state index contributed by atoms with van der Waals surface area (Å²) in [5, 5.41) is 17.4. The minimum Gasteiger partial charge on any atom is -0.395 e. The van der Waals surface area contributed by atoms with Gasteiger partial charge in [0.05, 0.1) is 17.5 Å². The minimum atomic E-state index is -3.93. The zero-order valence-corrected chi connectivity index (χ0v) is 19.9. The molecule has 1 heterocycles. The highest BCUT2D eigenvalue weighted by Crippen LogP contribution is 2.26. The second-order valence-electron chi connectivity index (χ2n) is 8.40. The largest absolute Gasteiger partial charge is 0.395 e. The molecule has 35 heavy (non-hydrogen) atoms. The Balaban J connectivity index is 1.45. The highest BCUT2D eigenvalue weighted by molar-refractivity contribution is 7.89. The van der Waals surface area contributed by atoms with Crippen molar-refractivity contribution in [1.82, 2.24) is 14.9 Å². The van der Waals surface area contributed by atoms with Crippen LogP contribution < -0.4 is 10.6 Å². The van der Waals surface area contributed by atoms with Crippen LogP contribution in [-0.4, -0.2) is 54.9 Å². The van der Waals surface area contributed by atoms with Gasteiger partial charge in [-0.2, -0.15) is 4.31 Å². The number of benzene rings is 3. The van der Waals surface area contributed by atoms with Gasteiger partial charge in [-0.05, 0) is 53.1 Å². The Morgan fingerprint density at radius 1 is 1.06 bits per heavy atom. The predicted molar refractivity (Wildman–Crippen MR) is 133 cm³/mol. The van der Waals surface area contributed by atoms with E-state index in [1.807, 2.05) is 42.5 Å². The standard InChI is InChI=1S/C26H27N3O5S/c1-2-25(31)28-21-14-22(17-30)29(16-21)35(33,34)23-12-10-19(11-13-23)26(32)27-15-20-8-5-7-18-6-3-4-9-24(18)20/h2-13,21-22,30H,1,14-17H2,(H,27,32)(H,28,31). The molecule has 0 bridgehead atoms. The molecule has 3 aromatic carbocycles. The number of nitrogens with zero attached hydrogens (tertiary/aromatic N) is 1. The third-order valence-corrected chi connectivity index (χ3v) is 8.08. The summed E-state index contributed by atoms with van der Waals surface area (Å²) in [6.07, 6.45) is 1.42. The van der Waals surface area contributed by atoms with E-state index in [0.29, 0.717) is 18.5 Å². The van der Waals surface area contributed by atoms with Crippen LogP contribution in [0.1, 0.15) is 22.3 Å². The number of sulfonamides is 1. The van der Waals surface area contributed by atoms with E-state index >= 15 is 0 Å². The number of rotatable bonds is 8. The summed E-state index contributed by atoms with van der Waals surface area (Å²) in [5.41, 5.74) is 1.32. The molecule has 2 unspecified atom stereocenters. The molecule has 0 radical (unpaired) electrons. The lowest BCUT2D eigenvalue weighted by Gasteiger charge is -2.22. The van der Waals surface area contributed by atoms with Crippen LogP contribution in [0.5, 0.6) is 0 Å². The van der Waals surface area contributed by atoms with Crippen LogP contribution in [0, 0.1) is 0 Å². The molecule has 2 atom stereocenters. The van der Waals surface area contributed by atoms with Gasteiger partial charge in [-0.3, -0.25) is 9.59 Å². The summed E-state index contributed by atoms with van der Waals surface area (Å²) in [5.74, 6) is -0.715. The van der Waals surface area contributed by atoms with Gasteiger partial charge in [-0.1, -0.05) is 49.0 Å². The summed E-state index contributed by atoms with van der Waals surface area (Å²) >= 11 is 0. The van der Waals surface area contributed by atoms with E-state index in [0.717, 1.165) is 22.4 Å². The lowest BCUT2D eigenvalue weighted by molar-refractivity contribution is -0.117. The van der Waals surface area contributed by atoms with Gasteiger partial charge < -0.3 is 15.7 Å². The SMILES string of the molecule is C=CC(=O)NC1CC(CO)N(S(=O)(=O)c2ccc(C(=O)NCc3cccc4ccccc34)cc2)C1. The van der Waals surface area contributed by atoms with E-state index in [2.05, 4.69) is 17.2 Å². The minimum absolute atomic E-state index is 0.0113. The maximum absolute atomic E-state index is 13.2. The average molecular weight is 494 g/mol. The van der Waals surface area contributed by atoms with Gasteiger partial charge in [0.1, 0.15) is 0 Å². The van der Waals surface area contributed by atoms with Gasteiger partial charge in [-0.25, -0.2) is 8.42 Å². The molecule has 0 saturated carbocycles. The molecule has 1 aliphatic rings. The number of carbonyl (C=O) groups excluding carboxylic acids is 2. The molecule has 2 amide bonds. The molecule has 0 aliphatic carbocycles. The van der Waals surface area contributed by atoms with Crippen molar-refractivity contribution in [3.63, 3.8) is 0 Å². The van der Waals surface area contributed by atoms with Crippen molar-refractivity contribution in [2.24, 2.45) is 0 Å². The Labute approximate surface area is 204 Å². The summed E-state index contributed by atoms with van der Waals surface area (Å²) in [6, 6.07) is 18.4. The number of hydrogen-bond donors (Lipinski definition) is 3. The predicted octanol–water partition coefficient (Wildman–Crippen LogP) is 2.20. The first-order valence-corrected chi connectivity index (χ1v) is 12.7. The summed E-state index contributed by atoms with van der Waals surface area (Å²) in [4.78, 5) is 24.3. The van der Waals surface area contributed by atoms with E-state index in [-0.39, 0.29) is 24.0 Å². The first-order chi connectivity index (χ1) is 16.8. The molecule has 1 aliphatic heterocycles. The average Bonchev–Trinajstić information content (AvgIpc) is 3.30. The molecule has 182 valence electrons. The Morgan fingerprint density at radius 2 is 1.77 bits per heavy atom. The second-order valence-corrected chi connectivity index (χ2v) is 10.3. The van der Waals surface area contributed by atoms with Crippen molar-refractivity contribution in [1.29, 1.82) is 0 Å². The van der Waals surface area contributed by atoms with Crippen molar-refractivity contribution in [2.75, 3.05) is 13.2 Å². The van der Waals surface area contributed by atoms with Crippen LogP contribution in [0.3, 0.4) is 0 Å². The van der Waals surface area contributed by atoms with Gasteiger partial charge in [0.2, 0.25) is 15.9 Å². The smallest absolute Gasteiger partial charge is 0.251 e. The van der Waals surface area contributed by atoms with Gasteiger partial charge in [-0.15, -0.1) is 0 Å². The molecule has 0 aromatic heterocycles. The second kappa shape index (κ2) is 10.4. The Bertz CT molecular complexity index is 1350. The van der Waals surface area contributed by atoms with Crippen molar-refractivity contribution in [3.05, 3.63) is 90.5 Å². The maximum atomic E-state index is 13.2. The van der Waals surface area contributed by atoms with E-state index in [1.54, 1.807) is 0 Å². The number of carbonyl (C=O) groups is 2. The monoisotopic (exact) mass is 493 g/mol. The molecule has 9 heteroatoms. The zero-order valence-electron chi connectivity index (χ0n) is 19.1. The van der Waals surface area contributed by atoms with E-state index < -0.39 is 28.0 Å². The molecule has 0 spiro atoms. The number of hydrogen-bond acceptors (Lipinski definition) is 5. The number of amides is 2. The number of fused-ring (bicyclic) bond motifs is 1. The van der Waals surface area contributed by atoms with E-state index in [1.165, 1.54) is 28.6 Å². The topological polar surface area (TPSA) is 116 Å². The fraction of sp³-hybridized carbons (Fsp3) is 0.231. The van der Waals surface area contributed by atoms with E-state index in [4.69, 9.17) is 0 Å². The fourth-order valence-corrected chi connectivity index (χ4v) is 6.02. The van der Waals surface area contributed by atoms with Crippen molar-refractivity contribution in [3.8, 4) is 0 Å². The van der Waals surface area contributed by atoms with Crippen LogP contribution in [0.2, 0.25) is 0 Å². The van der Waals surface area contributed by atoms with Crippen molar-refractivity contribution < 1.29 is 23.1 Å². The van der Waals surface area contributed by atoms with Gasteiger partial charge in [0.15, 0.2) is 0 Å². The first kappa shape index (κ1) is 24.6. The maximum Gasteiger partial charge on any atom is 0.251 e. The Morgan fingerprint density at radius 3 is 2.49 bits per heavy atom. The van der Waals surface area contributed by atoms with Crippen LogP contribution in [0.15, 0.2) is 84.3 Å². The highest BCUT2D eigenvalue weighted by atomic mass is 32.2. The fourth-order valence-electron chi connectivity index (χ4n) is 4.35. The molecule has 3 N–H and O–H groups in total. The zero-order chi connectivity index (χ0) is 25.0. The lowest BCUT2D eigenvalue weighted by Crippen LogP contribution is -2.39. The molecular weight excluding hydrogens is 466 g/mol. The third-order valence-electron chi connectivity index (χ3n) is 6.15. The quantitative estimate of drug-likeness (QED) is 0.416. The van der Waals surface area contributed by atoms with Crippen molar-refractivity contribution in [2.45, 2.75) is 29.9 Å². The van der Waals surface area contributed by atoms with E-state index in [9.17, 15) is 23.1 Å². The first-order valence-electron chi connectivity index (χ1n) is 11.2. The molecular formula is C26H27N3O5S. The molecule has 4 rings (SSSR count). The van der Waals surface area contributed by atoms with Crippen LogP contribution >= 0.6 is 0 Å². The molecule has 1 saturated heterocycles. The van der Waals surface area contributed by atoms with Crippen molar-refractivity contribution >= 4 is 32.6 Å².